The smallest absolute Gasteiger partial charge is 0.321 e. The van der Waals surface area contributed by atoms with Gasteiger partial charge >= 0.3 is 6.03 Å². The third-order valence-corrected chi connectivity index (χ3v) is 6.27. The number of anilines is 3. The monoisotopic (exact) mass is 440 g/mol. The number of nitrogens with two attached hydrogens (primary N) is 1. The van der Waals surface area contributed by atoms with E-state index < -0.39 is 0 Å². The van der Waals surface area contributed by atoms with Crippen LogP contribution < -0.4 is 26.0 Å². The van der Waals surface area contributed by atoms with Crippen molar-refractivity contribution in [2.75, 3.05) is 55.2 Å². The minimum Gasteiger partial charge on any atom is -0.488 e. The molecule has 0 saturated carbocycles. The molecule has 1 aromatic carbocycles. The number of thiazole rings is 1. The molecule has 4 N–H and O–H groups in total. The van der Waals surface area contributed by atoms with Gasteiger partial charge in [0.1, 0.15) is 17.4 Å². The number of carbonyl (C=O) groups is 1. The molecule has 10 nitrogen and oxygen atoms in total. The van der Waals surface area contributed by atoms with E-state index in [0.29, 0.717) is 26.2 Å². The number of rotatable bonds is 4. The Balaban J connectivity index is 1.20. The van der Waals surface area contributed by atoms with E-state index in [9.17, 15) is 4.79 Å². The van der Waals surface area contributed by atoms with Gasteiger partial charge in [-0.3, -0.25) is 0 Å². The van der Waals surface area contributed by atoms with Crippen LogP contribution in [0.5, 0.6) is 5.75 Å². The van der Waals surface area contributed by atoms with E-state index in [1.54, 1.807) is 5.51 Å². The van der Waals surface area contributed by atoms with Crippen LogP contribution >= 0.6 is 11.3 Å². The highest BCUT2D eigenvalue weighted by Gasteiger charge is 2.25. The van der Waals surface area contributed by atoms with Gasteiger partial charge in [-0.1, -0.05) is 0 Å². The van der Waals surface area contributed by atoms with Crippen molar-refractivity contribution < 1.29 is 9.53 Å². The lowest BCUT2D eigenvalue weighted by atomic mass is 10.2. The maximum Gasteiger partial charge on any atom is 0.321 e. The van der Waals surface area contributed by atoms with E-state index in [4.69, 9.17) is 10.5 Å². The molecule has 0 bridgehead atoms. The first-order chi connectivity index (χ1) is 15.1. The second-order valence-electron chi connectivity index (χ2n) is 7.69. The molecular weight excluding hydrogens is 416 g/mol. The van der Waals surface area contributed by atoms with E-state index in [-0.39, 0.29) is 18.1 Å². The van der Waals surface area contributed by atoms with Crippen LogP contribution in [0.3, 0.4) is 0 Å². The standard InChI is InChI=1S/C20H24N8O2S/c1-12-8-13(30-14-9-22-10-14)2-3-15(12)24-20(29)28-6-4-27(5-7-28)17-16-18(31-11-23-16)26-19(21)25-17/h2-3,8,11,14,22H,4-7,9-10H2,1H3,(H,24,29)(H2,21,25,26). The number of hydrogen-bond acceptors (Lipinski definition) is 9. The summed E-state index contributed by atoms with van der Waals surface area (Å²) in [6.45, 7) is 6.18. The number of nitrogens with zero attached hydrogens (tertiary/aromatic N) is 5. The molecule has 11 heteroatoms. The Morgan fingerprint density at radius 3 is 2.77 bits per heavy atom. The second kappa shape index (κ2) is 8.16. The van der Waals surface area contributed by atoms with Crippen molar-refractivity contribution in [2.45, 2.75) is 13.0 Å². The van der Waals surface area contributed by atoms with Gasteiger partial charge in [0, 0.05) is 45.0 Å². The van der Waals surface area contributed by atoms with Crippen LogP contribution in [0.25, 0.3) is 10.3 Å². The number of benzene rings is 1. The lowest BCUT2D eigenvalue weighted by Gasteiger charge is -2.35. The van der Waals surface area contributed by atoms with Crippen LogP contribution in [0, 0.1) is 6.92 Å². The summed E-state index contributed by atoms with van der Waals surface area (Å²) >= 11 is 1.44. The number of ether oxygens (including phenoxy) is 1. The van der Waals surface area contributed by atoms with Crippen molar-refractivity contribution in [1.82, 2.24) is 25.2 Å². The Hall–Kier alpha value is -3.18. The molecule has 2 saturated heterocycles. The van der Waals surface area contributed by atoms with Gasteiger partial charge in [0.25, 0.3) is 0 Å². The first-order valence-corrected chi connectivity index (χ1v) is 11.1. The number of nitrogens with one attached hydrogen (secondary N) is 2. The summed E-state index contributed by atoms with van der Waals surface area (Å²) in [7, 11) is 0. The third kappa shape index (κ3) is 4.06. The van der Waals surface area contributed by atoms with E-state index in [2.05, 4.69) is 30.5 Å². The molecular formula is C20H24N8O2S. The summed E-state index contributed by atoms with van der Waals surface area (Å²) in [4.78, 5) is 30.5. The Morgan fingerprint density at radius 1 is 1.26 bits per heavy atom. The van der Waals surface area contributed by atoms with Crippen LogP contribution in [0.4, 0.5) is 22.2 Å². The van der Waals surface area contributed by atoms with Crippen LogP contribution in [0.15, 0.2) is 23.7 Å². The van der Waals surface area contributed by atoms with Gasteiger partial charge in [0.15, 0.2) is 10.6 Å². The minimum absolute atomic E-state index is 0.111. The van der Waals surface area contributed by atoms with Gasteiger partial charge in [-0.25, -0.2) is 14.8 Å². The summed E-state index contributed by atoms with van der Waals surface area (Å²) in [5.74, 6) is 1.80. The van der Waals surface area contributed by atoms with E-state index in [1.807, 2.05) is 30.0 Å². The van der Waals surface area contributed by atoms with Crippen molar-refractivity contribution >= 4 is 45.2 Å². The fourth-order valence-corrected chi connectivity index (χ4v) is 4.35. The summed E-state index contributed by atoms with van der Waals surface area (Å²) in [6.07, 6.45) is 0.229. The molecule has 162 valence electrons. The van der Waals surface area contributed by atoms with Gasteiger partial charge < -0.3 is 30.9 Å². The van der Waals surface area contributed by atoms with Crippen LogP contribution in [0.2, 0.25) is 0 Å². The molecule has 0 aliphatic carbocycles. The molecule has 0 spiro atoms. The van der Waals surface area contributed by atoms with Gasteiger partial charge in [0.05, 0.1) is 5.51 Å². The van der Waals surface area contributed by atoms with Crippen molar-refractivity contribution in [1.29, 1.82) is 0 Å². The number of carbonyl (C=O) groups excluding carboxylic acids is 1. The average molecular weight is 441 g/mol. The molecule has 2 aliphatic rings. The molecule has 2 aliphatic heterocycles. The molecule has 5 rings (SSSR count). The number of fused-ring (bicyclic) bond motifs is 1. The molecule has 2 fully saturated rings. The molecule has 0 unspecified atom stereocenters. The van der Waals surface area contributed by atoms with Crippen molar-refractivity contribution in [3.63, 3.8) is 0 Å². The predicted molar refractivity (Wildman–Crippen MR) is 121 cm³/mol. The van der Waals surface area contributed by atoms with Gasteiger partial charge in [0.2, 0.25) is 5.95 Å². The number of piperazine rings is 1. The fraction of sp³-hybridized carbons (Fsp3) is 0.400. The fourth-order valence-electron chi connectivity index (χ4n) is 3.69. The lowest BCUT2D eigenvalue weighted by molar-refractivity contribution is 0.142. The van der Waals surface area contributed by atoms with E-state index in [1.165, 1.54) is 11.3 Å². The Bertz CT molecular complexity index is 1110. The Morgan fingerprint density at radius 2 is 2.06 bits per heavy atom. The summed E-state index contributed by atoms with van der Waals surface area (Å²) in [5, 5.41) is 6.21. The Kier molecular flexibility index (Phi) is 5.20. The van der Waals surface area contributed by atoms with Crippen molar-refractivity contribution in [2.24, 2.45) is 0 Å². The zero-order valence-corrected chi connectivity index (χ0v) is 18.0. The summed E-state index contributed by atoms with van der Waals surface area (Å²) in [5.41, 5.74) is 10.1. The summed E-state index contributed by atoms with van der Waals surface area (Å²) in [6, 6.07) is 5.65. The number of amides is 2. The molecule has 0 atom stereocenters. The van der Waals surface area contributed by atoms with Gasteiger partial charge in [-0.2, -0.15) is 4.98 Å². The second-order valence-corrected chi connectivity index (χ2v) is 8.52. The third-order valence-electron chi connectivity index (χ3n) is 5.55. The molecule has 2 amide bonds. The quantitative estimate of drug-likeness (QED) is 0.560. The predicted octanol–water partition coefficient (Wildman–Crippen LogP) is 1.68. The SMILES string of the molecule is Cc1cc(OC2CNC2)ccc1NC(=O)N1CCN(c2nc(N)nc3scnc23)CC1. The number of nitrogen functional groups attached to an aromatic ring is 1. The zero-order chi connectivity index (χ0) is 21.4. The highest BCUT2D eigenvalue weighted by molar-refractivity contribution is 7.16. The maximum atomic E-state index is 12.8. The zero-order valence-electron chi connectivity index (χ0n) is 17.2. The summed E-state index contributed by atoms with van der Waals surface area (Å²) < 4.78 is 5.88. The molecule has 3 aromatic rings. The largest absolute Gasteiger partial charge is 0.488 e. The van der Waals surface area contributed by atoms with Gasteiger partial charge in [-0.05, 0) is 30.7 Å². The highest BCUT2D eigenvalue weighted by Crippen LogP contribution is 2.27. The maximum absolute atomic E-state index is 12.8. The molecule has 4 heterocycles. The topological polar surface area (TPSA) is 122 Å². The number of hydrogen-bond donors (Lipinski definition) is 3. The number of aryl methyl sites for hydroxylation is 1. The highest BCUT2D eigenvalue weighted by atomic mass is 32.1. The van der Waals surface area contributed by atoms with Crippen LogP contribution in [-0.4, -0.2) is 71.3 Å². The lowest BCUT2D eigenvalue weighted by Crippen LogP contribution is -2.50. The van der Waals surface area contributed by atoms with Crippen molar-refractivity contribution in [3.05, 3.63) is 29.3 Å². The van der Waals surface area contributed by atoms with Gasteiger partial charge in [-0.15, -0.1) is 11.3 Å². The average Bonchev–Trinajstić information content (AvgIpc) is 3.20. The molecule has 2 aromatic heterocycles. The van der Waals surface area contributed by atoms with Crippen molar-refractivity contribution in [3.8, 4) is 5.75 Å². The molecule has 31 heavy (non-hydrogen) atoms. The molecule has 0 radical (unpaired) electrons. The normalized spacial score (nSPS) is 16.9. The first-order valence-electron chi connectivity index (χ1n) is 10.2. The van der Waals surface area contributed by atoms with E-state index >= 15 is 0 Å². The number of urea groups is 1. The minimum atomic E-state index is -0.111. The number of aromatic nitrogens is 3. The van der Waals surface area contributed by atoms with Crippen LogP contribution in [0.1, 0.15) is 5.56 Å². The van der Waals surface area contributed by atoms with E-state index in [0.717, 1.165) is 46.3 Å². The Labute approximate surface area is 183 Å². The first kappa shape index (κ1) is 19.8. The van der Waals surface area contributed by atoms with Crippen LogP contribution in [-0.2, 0) is 0 Å².